The lowest BCUT2D eigenvalue weighted by Crippen LogP contribution is -2.49. The number of rotatable bonds is 7. The van der Waals surface area contributed by atoms with Crippen LogP contribution in [0.5, 0.6) is 0 Å². The van der Waals surface area contributed by atoms with E-state index in [-0.39, 0.29) is 5.56 Å². The number of aromatic carboxylic acids is 1. The van der Waals surface area contributed by atoms with E-state index in [0.717, 1.165) is 11.1 Å². The Morgan fingerprint density at radius 3 is 2.29 bits per heavy atom. The van der Waals surface area contributed by atoms with Crippen molar-refractivity contribution in [1.82, 2.24) is 19.4 Å². The fourth-order valence-electron chi connectivity index (χ4n) is 4.71. The SMILES string of the molecule is O=C(O)c1ccc2c(c1)c([C@H](C(=O)O)N1CCN(c3ncccn3)CC1)cn2Cc1ccccc1. The van der Waals surface area contributed by atoms with Gasteiger partial charge in [-0.25, -0.2) is 14.8 Å². The number of hydrogen-bond donors (Lipinski definition) is 2. The molecule has 178 valence electrons. The number of fused-ring (bicyclic) bond motifs is 1. The van der Waals surface area contributed by atoms with E-state index in [0.29, 0.717) is 49.6 Å². The minimum absolute atomic E-state index is 0.131. The highest BCUT2D eigenvalue weighted by atomic mass is 16.4. The van der Waals surface area contributed by atoms with Gasteiger partial charge in [0.1, 0.15) is 6.04 Å². The standard InChI is InChI=1S/C26H25N5O4/c32-24(33)19-7-8-22-20(15-19)21(17-31(22)16-18-5-2-1-3-6-18)23(25(34)35)29-11-13-30(14-12-29)26-27-9-4-10-28-26/h1-10,15,17,23H,11-14,16H2,(H,32,33)(H,34,35)/t23-/m1/s1. The molecule has 0 unspecified atom stereocenters. The van der Waals surface area contributed by atoms with Crippen LogP contribution in [0.4, 0.5) is 5.95 Å². The van der Waals surface area contributed by atoms with Crippen LogP contribution >= 0.6 is 0 Å². The number of benzene rings is 2. The molecule has 0 aliphatic carbocycles. The van der Waals surface area contributed by atoms with E-state index in [2.05, 4.69) is 9.97 Å². The first-order valence-corrected chi connectivity index (χ1v) is 11.4. The molecule has 3 heterocycles. The van der Waals surface area contributed by atoms with Gasteiger partial charge in [-0.3, -0.25) is 9.69 Å². The predicted molar refractivity (Wildman–Crippen MR) is 131 cm³/mol. The molecule has 5 rings (SSSR count). The van der Waals surface area contributed by atoms with Crippen molar-refractivity contribution < 1.29 is 19.8 Å². The van der Waals surface area contributed by atoms with Crippen LogP contribution in [0.25, 0.3) is 10.9 Å². The molecular weight excluding hydrogens is 446 g/mol. The van der Waals surface area contributed by atoms with E-state index >= 15 is 0 Å². The Labute approximate surface area is 201 Å². The van der Waals surface area contributed by atoms with E-state index in [4.69, 9.17) is 0 Å². The number of carbonyl (C=O) groups is 2. The van der Waals surface area contributed by atoms with Crippen molar-refractivity contribution in [3.8, 4) is 0 Å². The van der Waals surface area contributed by atoms with E-state index in [1.54, 1.807) is 36.7 Å². The summed E-state index contributed by atoms with van der Waals surface area (Å²) in [5, 5.41) is 20.5. The van der Waals surface area contributed by atoms with Gasteiger partial charge in [-0.2, -0.15) is 0 Å². The topological polar surface area (TPSA) is 112 Å². The van der Waals surface area contributed by atoms with Gasteiger partial charge < -0.3 is 19.7 Å². The highest BCUT2D eigenvalue weighted by Gasteiger charge is 2.33. The average molecular weight is 472 g/mol. The fourth-order valence-corrected chi connectivity index (χ4v) is 4.71. The van der Waals surface area contributed by atoms with Crippen molar-refractivity contribution >= 4 is 28.8 Å². The summed E-state index contributed by atoms with van der Waals surface area (Å²) in [5.74, 6) is -1.38. The second-order valence-corrected chi connectivity index (χ2v) is 8.55. The number of hydrogen-bond acceptors (Lipinski definition) is 6. The van der Waals surface area contributed by atoms with Crippen LogP contribution in [0.1, 0.15) is 27.5 Å². The van der Waals surface area contributed by atoms with Gasteiger partial charge in [-0.15, -0.1) is 0 Å². The van der Waals surface area contributed by atoms with Crippen LogP contribution in [0.15, 0.2) is 73.2 Å². The third-order valence-electron chi connectivity index (χ3n) is 6.40. The molecule has 0 radical (unpaired) electrons. The number of aromatic nitrogens is 3. The molecule has 0 amide bonds. The summed E-state index contributed by atoms with van der Waals surface area (Å²) in [7, 11) is 0. The Morgan fingerprint density at radius 2 is 1.63 bits per heavy atom. The number of nitrogens with zero attached hydrogens (tertiary/aromatic N) is 5. The summed E-state index contributed by atoms with van der Waals surface area (Å²) < 4.78 is 2.00. The summed E-state index contributed by atoms with van der Waals surface area (Å²) in [6.07, 6.45) is 5.24. The third kappa shape index (κ3) is 4.58. The molecule has 0 spiro atoms. The van der Waals surface area contributed by atoms with Crippen molar-refractivity contribution in [3.05, 3.63) is 89.9 Å². The Hall–Kier alpha value is -4.24. The largest absolute Gasteiger partial charge is 0.480 e. The molecule has 4 aromatic rings. The maximum absolute atomic E-state index is 12.6. The molecule has 1 fully saturated rings. The average Bonchev–Trinajstić information content (AvgIpc) is 3.22. The van der Waals surface area contributed by atoms with Crippen molar-refractivity contribution in [2.75, 3.05) is 31.1 Å². The molecule has 9 heteroatoms. The van der Waals surface area contributed by atoms with Crippen LogP contribution in [0.3, 0.4) is 0 Å². The molecule has 2 N–H and O–H groups in total. The second-order valence-electron chi connectivity index (χ2n) is 8.55. The number of piperazine rings is 1. The minimum atomic E-state index is -1.04. The van der Waals surface area contributed by atoms with Gasteiger partial charge in [-0.1, -0.05) is 30.3 Å². The molecule has 2 aromatic carbocycles. The molecule has 1 aliphatic heterocycles. The zero-order chi connectivity index (χ0) is 24.4. The van der Waals surface area contributed by atoms with Gasteiger partial charge >= 0.3 is 11.9 Å². The fraction of sp³-hybridized carbons (Fsp3) is 0.231. The highest BCUT2D eigenvalue weighted by Crippen LogP contribution is 2.33. The molecule has 9 nitrogen and oxygen atoms in total. The molecule has 0 bridgehead atoms. The van der Waals surface area contributed by atoms with E-state index in [1.807, 2.05) is 50.9 Å². The van der Waals surface area contributed by atoms with Crippen LogP contribution in [-0.2, 0) is 11.3 Å². The van der Waals surface area contributed by atoms with Gasteiger partial charge in [0.2, 0.25) is 5.95 Å². The Morgan fingerprint density at radius 1 is 0.914 bits per heavy atom. The third-order valence-corrected chi connectivity index (χ3v) is 6.40. The normalized spacial score (nSPS) is 15.3. The number of carboxylic acid groups (broad SMARTS) is 2. The lowest BCUT2D eigenvalue weighted by Gasteiger charge is -2.37. The molecule has 1 atom stereocenters. The van der Waals surface area contributed by atoms with Crippen molar-refractivity contribution in [2.45, 2.75) is 12.6 Å². The van der Waals surface area contributed by atoms with Crippen molar-refractivity contribution in [2.24, 2.45) is 0 Å². The molecule has 1 aliphatic rings. The molecular formula is C26H25N5O4. The maximum Gasteiger partial charge on any atom is 0.335 e. The Balaban J connectivity index is 1.51. The first kappa shape index (κ1) is 22.5. The summed E-state index contributed by atoms with van der Waals surface area (Å²) in [4.78, 5) is 36.8. The quantitative estimate of drug-likeness (QED) is 0.423. The van der Waals surface area contributed by atoms with Gasteiger partial charge in [0.25, 0.3) is 0 Å². The Bertz CT molecular complexity index is 1350. The summed E-state index contributed by atoms with van der Waals surface area (Å²) in [6.45, 7) is 2.77. The van der Waals surface area contributed by atoms with Gasteiger partial charge in [-0.05, 0) is 29.8 Å². The first-order chi connectivity index (χ1) is 17.0. The smallest absolute Gasteiger partial charge is 0.335 e. The zero-order valence-electron chi connectivity index (χ0n) is 19.0. The van der Waals surface area contributed by atoms with Crippen LogP contribution in [0, 0.1) is 0 Å². The number of aliphatic carboxylic acids is 1. The van der Waals surface area contributed by atoms with Crippen LogP contribution < -0.4 is 4.90 Å². The molecule has 0 saturated carbocycles. The van der Waals surface area contributed by atoms with Gasteiger partial charge in [0.05, 0.1) is 5.56 Å². The Kier molecular flexibility index (Phi) is 6.15. The first-order valence-electron chi connectivity index (χ1n) is 11.4. The highest BCUT2D eigenvalue weighted by molar-refractivity contribution is 5.96. The number of carboxylic acids is 2. The molecule has 35 heavy (non-hydrogen) atoms. The van der Waals surface area contributed by atoms with Crippen LogP contribution in [0.2, 0.25) is 0 Å². The van der Waals surface area contributed by atoms with Crippen molar-refractivity contribution in [3.63, 3.8) is 0 Å². The van der Waals surface area contributed by atoms with Crippen molar-refractivity contribution in [1.29, 1.82) is 0 Å². The lowest BCUT2D eigenvalue weighted by atomic mass is 10.0. The van der Waals surface area contributed by atoms with E-state index in [1.165, 1.54) is 0 Å². The molecule has 1 saturated heterocycles. The van der Waals surface area contributed by atoms with E-state index in [9.17, 15) is 19.8 Å². The lowest BCUT2D eigenvalue weighted by molar-refractivity contribution is -0.143. The zero-order valence-corrected chi connectivity index (χ0v) is 19.0. The summed E-state index contributed by atoms with van der Waals surface area (Å²) >= 11 is 0. The maximum atomic E-state index is 12.6. The van der Waals surface area contributed by atoms with E-state index < -0.39 is 18.0 Å². The number of anilines is 1. The predicted octanol–water partition coefficient (Wildman–Crippen LogP) is 3.13. The summed E-state index contributed by atoms with van der Waals surface area (Å²) in [6, 6.07) is 15.6. The van der Waals surface area contributed by atoms with Gasteiger partial charge in [0.15, 0.2) is 0 Å². The van der Waals surface area contributed by atoms with Crippen LogP contribution in [-0.4, -0.2) is 67.8 Å². The summed E-state index contributed by atoms with van der Waals surface area (Å²) in [5.41, 5.74) is 2.60. The minimum Gasteiger partial charge on any atom is -0.480 e. The second kappa shape index (κ2) is 9.55. The van der Waals surface area contributed by atoms with Gasteiger partial charge in [0, 0.05) is 67.8 Å². The monoisotopic (exact) mass is 471 g/mol. The molecule has 2 aromatic heterocycles.